The fourth-order valence-corrected chi connectivity index (χ4v) is 3.28. The molecule has 1 saturated carbocycles. The fourth-order valence-electron chi connectivity index (χ4n) is 3.15. The van der Waals surface area contributed by atoms with Crippen molar-refractivity contribution in [3.63, 3.8) is 0 Å². The van der Waals surface area contributed by atoms with Crippen LogP contribution in [0.5, 0.6) is 0 Å². The van der Waals surface area contributed by atoms with Gasteiger partial charge in [0, 0.05) is 13.1 Å². The Morgan fingerprint density at radius 3 is 2.70 bits per heavy atom. The summed E-state index contributed by atoms with van der Waals surface area (Å²) in [6, 6.07) is 0.122. The Labute approximate surface area is 121 Å². The molecule has 4 nitrogen and oxygen atoms in total. The van der Waals surface area contributed by atoms with Crippen molar-refractivity contribution in [2.45, 2.75) is 37.6 Å². The minimum absolute atomic E-state index is 0.102. The van der Waals surface area contributed by atoms with Crippen LogP contribution in [-0.2, 0) is 0 Å². The molecule has 20 heavy (non-hydrogen) atoms. The summed E-state index contributed by atoms with van der Waals surface area (Å²) in [7, 11) is 1.64. The van der Waals surface area contributed by atoms with Crippen molar-refractivity contribution in [1.82, 2.24) is 9.97 Å². The molecular weight excluding hydrogens is 286 g/mol. The molecule has 0 spiro atoms. The van der Waals surface area contributed by atoms with Gasteiger partial charge in [-0.1, -0.05) is 12.8 Å². The minimum atomic E-state index is -2.77. The molecule has 0 aromatic carbocycles. The molecular formula is C13H17ClF2N4. The number of aromatic nitrogens is 2. The first kappa shape index (κ1) is 13.8. The van der Waals surface area contributed by atoms with Crippen molar-refractivity contribution in [1.29, 1.82) is 0 Å². The van der Waals surface area contributed by atoms with Gasteiger partial charge >= 0.3 is 0 Å². The number of anilines is 2. The minimum Gasteiger partial charge on any atom is -0.364 e. The number of nitrogens with zero attached hydrogens (tertiary/aromatic N) is 4. The highest BCUT2D eigenvalue weighted by molar-refractivity contribution is 6.28. The van der Waals surface area contributed by atoms with Crippen molar-refractivity contribution in [3.8, 4) is 0 Å². The van der Waals surface area contributed by atoms with Gasteiger partial charge in [0.1, 0.15) is 0 Å². The average Bonchev–Trinajstić information content (AvgIpc) is 2.85. The zero-order valence-corrected chi connectivity index (χ0v) is 12.1. The van der Waals surface area contributed by atoms with Crippen LogP contribution in [0, 0.1) is 0 Å². The second kappa shape index (κ2) is 4.98. The maximum Gasteiger partial charge on any atom is 0.282 e. The van der Waals surface area contributed by atoms with E-state index in [4.69, 9.17) is 11.6 Å². The zero-order chi connectivity index (χ0) is 14.3. The maximum absolute atomic E-state index is 14.1. The van der Waals surface area contributed by atoms with Crippen LogP contribution in [0.15, 0.2) is 6.20 Å². The lowest BCUT2D eigenvalue weighted by atomic mass is 10.2. The van der Waals surface area contributed by atoms with E-state index in [-0.39, 0.29) is 24.4 Å². The molecule has 0 saturated heterocycles. The van der Waals surface area contributed by atoms with Gasteiger partial charge in [0.15, 0.2) is 5.82 Å². The van der Waals surface area contributed by atoms with Crippen LogP contribution in [0.4, 0.5) is 20.3 Å². The van der Waals surface area contributed by atoms with Gasteiger partial charge in [-0.3, -0.25) is 0 Å². The van der Waals surface area contributed by atoms with E-state index in [0.29, 0.717) is 11.5 Å². The lowest BCUT2D eigenvalue weighted by Crippen LogP contribution is -2.44. The Morgan fingerprint density at radius 1 is 1.30 bits per heavy atom. The summed E-state index contributed by atoms with van der Waals surface area (Å²) >= 11 is 5.87. The number of fused-ring (bicyclic) bond motifs is 1. The van der Waals surface area contributed by atoms with Gasteiger partial charge in [-0.05, 0) is 24.4 Å². The number of halogens is 3. The number of hydrogen-bond acceptors (Lipinski definition) is 4. The van der Waals surface area contributed by atoms with Crippen molar-refractivity contribution in [2.24, 2.45) is 0 Å². The predicted molar refractivity (Wildman–Crippen MR) is 74.9 cm³/mol. The summed E-state index contributed by atoms with van der Waals surface area (Å²) in [6.45, 7) is -0.628. The number of hydrogen-bond donors (Lipinski definition) is 0. The van der Waals surface area contributed by atoms with Gasteiger partial charge < -0.3 is 9.80 Å². The third-order valence-corrected chi connectivity index (χ3v) is 4.22. The molecule has 0 amide bonds. The molecule has 0 radical (unpaired) electrons. The topological polar surface area (TPSA) is 32.3 Å². The summed E-state index contributed by atoms with van der Waals surface area (Å²) in [4.78, 5) is 11.4. The molecule has 2 heterocycles. The quantitative estimate of drug-likeness (QED) is 0.747. The lowest BCUT2D eigenvalue weighted by Gasteiger charge is -2.31. The van der Waals surface area contributed by atoms with Crippen LogP contribution in [0.2, 0.25) is 5.28 Å². The maximum atomic E-state index is 14.1. The Balaban J connectivity index is 2.05. The zero-order valence-electron chi connectivity index (χ0n) is 11.3. The van der Waals surface area contributed by atoms with E-state index >= 15 is 0 Å². The molecule has 1 aliphatic carbocycles. The Hall–Kier alpha value is -1.17. The van der Waals surface area contributed by atoms with Gasteiger partial charge in [-0.15, -0.1) is 0 Å². The normalized spacial score (nSPS) is 22.8. The highest BCUT2D eigenvalue weighted by Gasteiger charge is 2.41. The van der Waals surface area contributed by atoms with Crippen molar-refractivity contribution in [2.75, 3.05) is 29.9 Å². The van der Waals surface area contributed by atoms with Crippen molar-refractivity contribution >= 4 is 23.1 Å². The van der Waals surface area contributed by atoms with E-state index in [1.54, 1.807) is 11.9 Å². The van der Waals surface area contributed by atoms with Gasteiger partial charge in [0.2, 0.25) is 5.28 Å². The van der Waals surface area contributed by atoms with Gasteiger partial charge in [0.05, 0.1) is 25.0 Å². The second-order valence-corrected chi connectivity index (χ2v) is 5.96. The Bertz CT molecular complexity index is 505. The molecule has 7 heteroatoms. The summed E-state index contributed by atoms with van der Waals surface area (Å²) in [5.41, 5.74) is 0.624. The third-order valence-electron chi connectivity index (χ3n) is 4.04. The van der Waals surface area contributed by atoms with Crippen molar-refractivity contribution in [3.05, 3.63) is 11.5 Å². The molecule has 2 aliphatic rings. The standard InChI is InChI=1S/C13H17ClF2N4/c1-19-7-13(15,16)8-20(9-4-2-3-5-9)11-10(19)6-17-12(14)18-11/h6,9H,2-5,7-8H2,1H3. The first-order chi connectivity index (χ1) is 9.46. The fraction of sp³-hybridized carbons (Fsp3) is 0.692. The highest BCUT2D eigenvalue weighted by atomic mass is 35.5. The second-order valence-electron chi connectivity index (χ2n) is 5.63. The van der Waals surface area contributed by atoms with Gasteiger partial charge in [-0.2, -0.15) is 4.98 Å². The van der Waals surface area contributed by atoms with Gasteiger partial charge in [-0.25, -0.2) is 13.8 Å². The summed E-state index contributed by atoms with van der Waals surface area (Å²) in [5, 5.41) is 0.102. The van der Waals surface area contributed by atoms with Crippen LogP contribution >= 0.6 is 11.6 Å². The van der Waals surface area contributed by atoms with Crippen LogP contribution in [0.25, 0.3) is 0 Å². The molecule has 3 rings (SSSR count). The van der Waals surface area contributed by atoms with E-state index in [1.807, 2.05) is 0 Å². The smallest absolute Gasteiger partial charge is 0.282 e. The predicted octanol–water partition coefficient (Wildman–Crippen LogP) is 2.96. The van der Waals surface area contributed by atoms with E-state index in [0.717, 1.165) is 25.7 Å². The third kappa shape index (κ3) is 2.53. The Morgan fingerprint density at radius 2 is 2.00 bits per heavy atom. The molecule has 1 fully saturated rings. The van der Waals surface area contributed by atoms with E-state index in [1.165, 1.54) is 11.1 Å². The molecule has 1 aromatic rings. The summed E-state index contributed by atoms with van der Waals surface area (Å²) < 4.78 is 28.2. The summed E-state index contributed by atoms with van der Waals surface area (Å²) in [6.07, 6.45) is 5.56. The molecule has 0 atom stereocenters. The molecule has 0 bridgehead atoms. The van der Waals surface area contributed by atoms with E-state index in [2.05, 4.69) is 9.97 Å². The number of rotatable bonds is 1. The van der Waals surface area contributed by atoms with E-state index < -0.39 is 5.92 Å². The lowest BCUT2D eigenvalue weighted by molar-refractivity contribution is 0.0177. The molecule has 1 aliphatic heterocycles. The van der Waals surface area contributed by atoms with E-state index in [9.17, 15) is 8.78 Å². The van der Waals surface area contributed by atoms with Crippen molar-refractivity contribution < 1.29 is 8.78 Å². The highest BCUT2D eigenvalue weighted by Crippen LogP contribution is 2.38. The molecule has 1 aromatic heterocycles. The first-order valence-corrected chi connectivity index (χ1v) is 7.22. The van der Waals surface area contributed by atoms with Gasteiger partial charge in [0.25, 0.3) is 5.92 Å². The molecule has 0 unspecified atom stereocenters. The summed E-state index contributed by atoms with van der Waals surface area (Å²) in [5.74, 6) is -2.23. The van der Waals surface area contributed by atoms with Crippen LogP contribution in [0.1, 0.15) is 25.7 Å². The van der Waals surface area contributed by atoms with Crippen LogP contribution in [-0.4, -0.2) is 42.1 Å². The molecule has 110 valence electrons. The molecule has 0 N–H and O–H groups in total. The monoisotopic (exact) mass is 302 g/mol. The largest absolute Gasteiger partial charge is 0.364 e. The van der Waals surface area contributed by atoms with Crippen LogP contribution < -0.4 is 9.80 Å². The average molecular weight is 303 g/mol. The SMILES string of the molecule is CN1CC(F)(F)CN(C2CCCC2)c2nc(Cl)ncc21. The Kier molecular flexibility index (Phi) is 3.44. The first-order valence-electron chi connectivity index (χ1n) is 6.84. The number of alkyl halides is 2. The van der Waals surface area contributed by atoms with Crippen LogP contribution in [0.3, 0.4) is 0 Å².